The predicted octanol–water partition coefficient (Wildman–Crippen LogP) is 1.32. The highest BCUT2D eigenvalue weighted by atomic mass is 16.2. The molecule has 1 unspecified atom stereocenters. The fraction of sp³-hybridized carbons (Fsp3) is 0.562. The van der Waals surface area contributed by atoms with Crippen molar-refractivity contribution in [3.05, 3.63) is 35.4 Å². The minimum atomic E-state index is 0.0106. The first-order valence-corrected chi connectivity index (χ1v) is 8.07. The highest BCUT2D eigenvalue weighted by Crippen LogP contribution is 2.29. The molecule has 1 aliphatic heterocycles. The van der Waals surface area contributed by atoms with Crippen molar-refractivity contribution in [1.29, 1.82) is 0 Å². The van der Waals surface area contributed by atoms with Gasteiger partial charge in [-0.05, 0) is 19.9 Å². The number of hydrogen-bond acceptors (Lipinski definition) is 4. The van der Waals surface area contributed by atoms with Gasteiger partial charge in [0.25, 0.3) is 5.91 Å². The van der Waals surface area contributed by atoms with Crippen LogP contribution in [0.1, 0.15) is 40.9 Å². The molecule has 23 heavy (non-hydrogen) atoms. The lowest BCUT2D eigenvalue weighted by molar-refractivity contribution is 0.0826. The van der Waals surface area contributed by atoms with Crippen molar-refractivity contribution in [2.24, 2.45) is 0 Å². The Kier molecular flexibility index (Phi) is 4.47. The molecule has 0 aromatic carbocycles. The Labute approximate surface area is 136 Å². The number of rotatable bonds is 5. The Balaban J connectivity index is 1.66. The van der Waals surface area contributed by atoms with Crippen molar-refractivity contribution in [3.63, 3.8) is 0 Å². The van der Waals surface area contributed by atoms with Gasteiger partial charge in [0.15, 0.2) is 0 Å². The van der Waals surface area contributed by atoms with Crippen LogP contribution in [0.5, 0.6) is 0 Å². The molecule has 3 rings (SSSR count). The molecule has 7 nitrogen and oxygen atoms in total. The molecule has 0 aliphatic carbocycles. The van der Waals surface area contributed by atoms with E-state index in [1.807, 2.05) is 10.9 Å². The largest absolute Gasteiger partial charge is 0.345 e. The van der Waals surface area contributed by atoms with E-state index >= 15 is 0 Å². The molecule has 1 fully saturated rings. The topological polar surface area (TPSA) is 70.1 Å². The number of H-pyrrole nitrogens is 1. The van der Waals surface area contributed by atoms with Crippen LogP contribution in [0.3, 0.4) is 0 Å². The molecule has 2 aromatic rings. The van der Waals surface area contributed by atoms with E-state index in [1.54, 1.807) is 25.2 Å². The molecule has 124 valence electrons. The van der Waals surface area contributed by atoms with Crippen molar-refractivity contribution in [2.45, 2.75) is 32.4 Å². The fourth-order valence-corrected chi connectivity index (χ4v) is 3.15. The maximum absolute atomic E-state index is 12.2. The van der Waals surface area contributed by atoms with E-state index < -0.39 is 0 Å². The summed E-state index contributed by atoms with van der Waals surface area (Å²) >= 11 is 0. The lowest BCUT2D eigenvalue weighted by Gasteiger charge is -2.16. The summed E-state index contributed by atoms with van der Waals surface area (Å²) in [6, 6.07) is 0. The summed E-state index contributed by atoms with van der Waals surface area (Å²) in [7, 11) is 3.54. The lowest BCUT2D eigenvalue weighted by atomic mass is 10.0. The van der Waals surface area contributed by atoms with E-state index in [1.165, 1.54) is 5.56 Å². The average Bonchev–Trinajstić information content (AvgIpc) is 3.26. The second-order valence-corrected chi connectivity index (χ2v) is 6.32. The Hall–Kier alpha value is -2.15. The molecule has 1 saturated heterocycles. The van der Waals surface area contributed by atoms with Crippen molar-refractivity contribution >= 4 is 5.91 Å². The number of carbonyl (C=O) groups is 1. The third-order valence-corrected chi connectivity index (χ3v) is 4.40. The van der Waals surface area contributed by atoms with Crippen LogP contribution in [-0.2, 0) is 13.1 Å². The van der Waals surface area contributed by atoms with Gasteiger partial charge < -0.3 is 4.90 Å². The van der Waals surface area contributed by atoms with Crippen LogP contribution < -0.4 is 0 Å². The summed E-state index contributed by atoms with van der Waals surface area (Å²) in [4.78, 5) is 16.2. The van der Waals surface area contributed by atoms with Crippen molar-refractivity contribution in [1.82, 2.24) is 29.8 Å². The van der Waals surface area contributed by atoms with Gasteiger partial charge in [0.2, 0.25) is 0 Å². The van der Waals surface area contributed by atoms with E-state index in [9.17, 15) is 4.79 Å². The van der Waals surface area contributed by atoms with Gasteiger partial charge in [-0.3, -0.25) is 19.5 Å². The van der Waals surface area contributed by atoms with Crippen molar-refractivity contribution < 1.29 is 4.79 Å². The third kappa shape index (κ3) is 3.29. The summed E-state index contributed by atoms with van der Waals surface area (Å²) in [6.07, 6.45) is 6.72. The highest BCUT2D eigenvalue weighted by Gasteiger charge is 2.29. The molecule has 2 aromatic heterocycles. The standard InChI is InChI=1S/C16H24N6O/c1-4-22-10-12(7-18-22)9-21-6-5-13(11-21)15-14(8-17-19-15)16(23)20(2)3/h7-8,10,13H,4-6,9,11H2,1-3H3,(H,17,19). The zero-order chi connectivity index (χ0) is 16.4. The van der Waals surface area contributed by atoms with Gasteiger partial charge in [-0.1, -0.05) is 0 Å². The summed E-state index contributed by atoms with van der Waals surface area (Å²) in [5.41, 5.74) is 2.90. The summed E-state index contributed by atoms with van der Waals surface area (Å²) in [6.45, 7) is 5.85. The Bertz CT molecular complexity index is 674. The number of aromatic nitrogens is 4. The Morgan fingerprint density at radius 1 is 1.43 bits per heavy atom. The van der Waals surface area contributed by atoms with Crippen LogP contribution in [0.2, 0.25) is 0 Å². The van der Waals surface area contributed by atoms with Crippen LogP contribution >= 0.6 is 0 Å². The van der Waals surface area contributed by atoms with E-state index in [0.29, 0.717) is 11.5 Å². The second kappa shape index (κ2) is 6.54. The van der Waals surface area contributed by atoms with E-state index in [2.05, 4.69) is 33.3 Å². The van der Waals surface area contributed by atoms with Crippen LogP contribution in [0.4, 0.5) is 0 Å². The first-order valence-electron chi connectivity index (χ1n) is 8.07. The average molecular weight is 316 g/mol. The van der Waals surface area contributed by atoms with E-state index in [4.69, 9.17) is 0 Å². The van der Waals surface area contributed by atoms with Gasteiger partial charge in [0.1, 0.15) is 0 Å². The number of aromatic amines is 1. The lowest BCUT2D eigenvalue weighted by Crippen LogP contribution is -2.24. The molecular formula is C16H24N6O. The van der Waals surface area contributed by atoms with Gasteiger partial charge in [0.05, 0.1) is 23.7 Å². The molecule has 1 atom stereocenters. The Morgan fingerprint density at radius 3 is 2.96 bits per heavy atom. The molecular weight excluding hydrogens is 292 g/mol. The molecule has 3 heterocycles. The van der Waals surface area contributed by atoms with Gasteiger partial charge in [-0.15, -0.1) is 0 Å². The molecule has 0 spiro atoms. The molecule has 1 amide bonds. The smallest absolute Gasteiger partial charge is 0.256 e. The number of amides is 1. The summed E-state index contributed by atoms with van der Waals surface area (Å²) < 4.78 is 1.95. The number of nitrogens with one attached hydrogen (secondary N) is 1. The minimum Gasteiger partial charge on any atom is -0.345 e. The normalized spacial score (nSPS) is 18.5. The second-order valence-electron chi connectivity index (χ2n) is 6.32. The number of likely N-dealkylation sites (tertiary alicyclic amines) is 1. The monoisotopic (exact) mass is 316 g/mol. The van der Waals surface area contributed by atoms with Gasteiger partial charge in [-0.2, -0.15) is 10.2 Å². The number of nitrogens with zero attached hydrogens (tertiary/aromatic N) is 5. The number of aryl methyl sites for hydroxylation is 1. The van der Waals surface area contributed by atoms with Crippen molar-refractivity contribution in [2.75, 3.05) is 27.2 Å². The fourth-order valence-electron chi connectivity index (χ4n) is 3.15. The maximum Gasteiger partial charge on any atom is 0.256 e. The predicted molar refractivity (Wildman–Crippen MR) is 87.1 cm³/mol. The Morgan fingerprint density at radius 2 is 2.26 bits per heavy atom. The van der Waals surface area contributed by atoms with Crippen LogP contribution in [0.15, 0.2) is 18.6 Å². The quantitative estimate of drug-likeness (QED) is 0.903. The summed E-state index contributed by atoms with van der Waals surface area (Å²) in [5.74, 6) is 0.342. The number of hydrogen-bond donors (Lipinski definition) is 1. The van der Waals surface area contributed by atoms with Crippen LogP contribution in [0, 0.1) is 0 Å². The third-order valence-electron chi connectivity index (χ3n) is 4.40. The molecule has 0 bridgehead atoms. The van der Waals surface area contributed by atoms with Gasteiger partial charge in [0, 0.05) is 51.4 Å². The first-order chi connectivity index (χ1) is 11.1. The molecule has 0 radical (unpaired) electrons. The maximum atomic E-state index is 12.2. The summed E-state index contributed by atoms with van der Waals surface area (Å²) in [5, 5.41) is 11.5. The van der Waals surface area contributed by atoms with Gasteiger partial charge >= 0.3 is 0 Å². The highest BCUT2D eigenvalue weighted by molar-refractivity contribution is 5.94. The molecule has 7 heteroatoms. The minimum absolute atomic E-state index is 0.0106. The van der Waals surface area contributed by atoms with Crippen molar-refractivity contribution in [3.8, 4) is 0 Å². The first kappa shape index (κ1) is 15.7. The molecule has 0 saturated carbocycles. The SMILES string of the molecule is CCn1cc(CN2CCC(c3[nH]ncc3C(=O)N(C)C)C2)cn1. The van der Waals surface area contributed by atoms with E-state index in [-0.39, 0.29) is 5.91 Å². The number of carbonyl (C=O) groups excluding carboxylic acids is 1. The van der Waals surface area contributed by atoms with E-state index in [0.717, 1.165) is 38.3 Å². The molecule has 1 aliphatic rings. The van der Waals surface area contributed by atoms with Gasteiger partial charge in [-0.25, -0.2) is 0 Å². The molecule has 1 N–H and O–H groups in total. The van der Waals surface area contributed by atoms with Crippen LogP contribution in [0.25, 0.3) is 0 Å². The van der Waals surface area contributed by atoms with Crippen LogP contribution in [-0.4, -0.2) is 62.9 Å². The zero-order valence-electron chi connectivity index (χ0n) is 14.0. The zero-order valence-corrected chi connectivity index (χ0v) is 14.0.